The number of thioether (sulfide) groups is 1. The molecule has 0 bridgehead atoms. The van der Waals surface area contributed by atoms with Crippen LogP contribution < -0.4 is 5.32 Å². The lowest BCUT2D eigenvalue weighted by Gasteiger charge is -2.34. The number of hydrogen-bond donors (Lipinski definition) is 1. The topological polar surface area (TPSA) is 61.8 Å². The standard InChI is InChI=1S/C15H29N3O2S2.HI/c1-3-6-16-15(18-7-8-21-14(4-2)11-18)17-10-13-5-9-22(19,20)12-13;/h13-14H,3-12H2,1-2H3,(H,16,17);1H. The molecule has 1 N–H and O–H groups in total. The highest BCUT2D eigenvalue weighted by Gasteiger charge is 2.28. The molecule has 5 nitrogen and oxygen atoms in total. The molecule has 0 amide bonds. The maximum Gasteiger partial charge on any atom is 0.193 e. The summed E-state index contributed by atoms with van der Waals surface area (Å²) in [5, 5.41) is 4.12. The molecule has 2 rings (SSSR count). The van der Waals surface area contributed by atoms with Gasteiger partial charge < -0.3 is 10.2 Å². The van der Waals surface area contributed by atoms with Crippen LogP contribution in [0.5, 0.6) is 0 Å². The Hall–Kier alpha value is 0.300. The predicted octanol–water partition coefficient (Wildman–Crippen LogP) is 2.22. The van der Waals surface area contributed by atoms with E-state index in [1.807, 2.05) is 11.8 Å². The molecular weight excluding hydrogens is 445 g/mol. The van der Waals surface area contributed by atoms with Crippen LogP contribution >= 0.6 is 35.7 Å². The predicted molar refractivity (Wildman–Crippen MR) is 111 cm³/mol. The van der Waals surface area contributed by atoms with Crippen molar-refractivity contribution in [2.75, 3.05) is 43.4 Å². The first kappa shape index (κ1) is 21.3. The Morgan fingerprint density at radius 1 is 1.39 bits per heavy atom. The minimum Gasteiger partial charge on any atom is -0.356 e. The summed E-state index contributed by atoms with van der Waals surface area (Å²) in [6, 6.07) is 0. The smallest absolute Gasteiger partial charge is 0.193 e. The van der Waals surface area contributed by atoms with Crippen LogP contribution in [0.15, 0.2) is 4.99 Å². The molecule has 2 unspecified atom stereocenters. The van der Waals surface area contributed by atoms with Crippen LogP contribution in [0.1, 0.15) is 33.1 Å². The average Bonchev–Trinajstić information content (AvgIpc) is 2.86. The van der Waals surface area contributed by atoms with Gasteiger partial charge in [-0.3, -0.25) is 4.99 Å². The second-order valence-electron chi connectivity index (χ2n) is 6.21. The van der Waals surface area contributed by atoms with Gasteiger partial charge in [0.15, 0.2) is 15.8 Å². The van der Waals surface area contributed by atoms with Crippen molar-refractivity contribution in [3.05, 3.63) is 0 Å². The third-order valence-corrected chi connectivity index (χ3v) is 7.46. The zero-order chi connectivity index (χ0) is 16.0. The summed E-state index contributed by atoms with van der Waals surface area (Å²) in [4.78, 5) is 7.11. The Morgan fingerprint density at radius 3 is 2.78 bits per heavy atom. The monoisotopic (exact) mass is 475 g/mol. The number of hydrogen-bond acceptors (Lipinski definition) is 4. The molecule has 2 aliphatic heterocycles. The fraction of sp³-hybridized carbons (Fsp3) is 0.933. The van der Waals surface area contributed by atoms with Crippen LogP contribution in [0.4, 0.5) is 0 Å². The number of nitrogens with zero attached hydrogens (tertiary/aromatic N) is 2. The third kappa shape index (κ3) is 6.97. The number of sulfone groups is 1. The zero-order valence-electron chi connectivity index (χ0n) is 14.2. The second kappa shape index (κ2) is 10.3. The van der Waals surface area contributed by atoms with E-state index >= 15 is 0 Å². The van der Waals surface area contributed by atoms with Crippen molar-refractivity contribution in [3.8, 4) is 0 Å². The van der Waals surface area contributed by atoms with Gasteiger partial charge >= 0.3 is 0 Å². The van der Waals surface area contributed by atoms with Crippen LogP contribution in [-0.4, -0.2) is 68.0 Å². The van der Waals surface area contributed by atoms with E-state index in [4.69, 9.17) is 4.99 Å². The molecule has 2 fully saturated rings. The normalized spacial score (nSPS) is 27.6. The van der Waals surface area contributed by atoms with Gasteiger partial charge in [0.05, 0.1) is 11.5 Å². The quantitative estimate of drug-likeness (QED) is 0.376. The van der Waals surface area contributed by atoms with Crippen LogP contribution in [0, 0.1) is 5.92 Å². The SMILES string of the molecule is CCCNC(=NCC1CCS(=O)(=O)C1)N1CCSC(CC)C1.I. The molecule has 2 atom stereocenters. The lowest BCUT2D eigenvalue weighted by atomic mass is 10.1. The summed E-state index contributed by atoms with van der Waals surface area (Å²) in [5.74, 6) is 2.96. The van der Waals surface area contributed by atoms with Crippen molar-refractivity contribution in [1.29, 1.82) is 0 Å². The van der Waals surface area contributed by atoms with Gasteiger partial charge in [-0.05, 0) is 25.2 Å². The summed E-state index contributed by atoms with van der Waals surface area (Å²) < 4.78 is 23.1. The molecule has 0 aliphatic carbocycles. The van der Waals surface area contributed by atoms with Gasteiger partial charge in [0, 0.05) is 37.2 Å². The lowest BCUT2D eigenvalue weighted by molar-refractivity contribution is 0.405. The van der Waals surface area contributed by atoms with E-state index in [-0.39, 0.29) is 29.9 Å². The molecule has 0 aromatic rings. The average molecular weight is 475 g/mol. The number of nitrogens with one attached hydrogen (secondary N) is 1. The molecule has 136 valence electrons. The second-order valence-corrected chi connectivity index (χ2v) is 9.84. The molecule has 0 radical (unpaired) electrons. The van der Waals surface area contributed by atoms with Gasteiger partial charge in [0.1, 0.15) is 0 Å². The van der Waals surface area contributed by atoms with Crippen LogP contribution in [0.25, 0.3) is 0 Å². The van der Waals surface area contributed by atoms with E-state index in [9.17, 15) is 8.42 Å². The Kier molecular flexibility index (Phi) is 9.58. The highest BCUT2D eigenvalue weighted by Crippen LogP contribution is 2.22. The highest BCUT2D eigenvalue weighted by molar-refractivity contribution is 14.0. The van der Waals surface area contributed by atoms with Crippen LogP contribution in [0.2, 0.25) is 0 Å². The molecule has 2 aliphatic rings. The van der Waals surface area contributed by atoms with Crippen molar-refractivity contribution in [2.24, 2.45) is 10.9 Å². The molecule has 8 heteroatoms. The highest BCUT2D eigenvalue weighted by atomic mass is 127. The first-order valence-corrected chi connectivity index (χ1v) is 11.3. The number of rotatable bonds is 5. The summed E-state index contributed by atoms with van der Waals surface area (Å²) >= 11 is 2.05. The molecular formula is C15H30IN3O2S2. The Labute approximate surface area is 162 Å². The molecule has 0 aromatic heterocycles. The van der Waals surface area contributed by atoms with Gasteiger partial charge in [-0.2, -0.15) is 11.8 Å². The van der Waals surface area contributed by atoms with Gasteiger partial charge in [-0.15, -0.1) is 24.0 Å². The van der Waals surface area contributed by atoms with E-state index in [0.717, 1.165) is 44.2 Å². The Morgan fingerprint density at radius 2 is 2.17 bits per heavy atom. The number of halogens is 1. The van der Waals surface area contributed by atoms with Gasteiger partial charge in [-0.1, -0.05) is 13.8 Å². The molecule has 2 heterocycles. The van der Waals surface area contributed by atoms with Crippen LogP contribution in [-0.2, 0) is 9.84 Å². The molecule has 0 aromatic carbocycles. The molecule has 2 saturated heterocycles. The molecule has 0 saturated carbocycles. The summed E-state index contributed by atoms with van der Waals surface area (Å²) in [6.45, 7) is 8.00. The maximum atomic E-state index is 11.6. The number of guanidine groups is 1. The van der Waals surface area contributed by atoms with Crippen molar-refractivity contribution in [2.45, 2.75) is 38.4 Å². The van der Waals surface area contributed by atoms with E-state index < -0.39 is 9.84 Å². The van der Waals surface area contributed by atoms with Crippen LogP contribution in [0.3, 0.4) is 0 Å². The van der Waals surface area contributed by atoms with Gasteiger partial charge in [0.2, 0.25) is 0 Å². The van der Waals surface area contributed by atoms with E-state index in [1.54, 1.807) is 0 Å². The zero-order valence-corrected chi connectivity index (χ0v) is 18.1. The van der Waals surface area contributed by atoms with E-state index in [2.05, 4.69) is 24.1 Å². The molecule has 0 spiro atoms. The van der Waals surface area contributed by atoms with Crippen molar-refractivity contribution in [3.63, 3.8) is 0 Å². The lowest BCUT2D eigenvalue weighted by Crippen LogP contribution is -2.48. The maximum absolute atomic E-state index is 11.6. The largest absolute Gasteiger partial charge is 0.356 e. The van der Waals surface area contributed by atoms with Crippen molar-refractivity contribution >= 4 is 51.5 Å². The third-order valence-electron chi connectivity index (χ3n) is 4.25. The fourth-order valence-electron chi connectivity index (χ4n) is 2.89. The van der Waals surface area contributed by atoms with Crippen molar-refractivity contribution in [1.82, 2.24) is 10.2 Å². The van der Waals surface area contributed by atoms with E-state index in [1.165, 1.54) is 6.42 Å². The first-order valence-electron chi connectivity index (χ1n) is 8.39. The van der Waals surface area contributed by atoms with E-state index in [0.29, 0.717) is 23.3 Å². The summed E-state index contributed by atoms with van der Waals surface area (Å²) in [5.41, 5.74) is 0. The molecule has 23 heavy (non-hydrogen) atoms. The van der Waals surface area contributed by atoms with Gasteiger partial charge in [0.25, 0.3) is 0 Å². The minimum absolute atomic E-state index is 0. The summed E-state index contributed by atoms with van der Waals surface area (Å²) in [7, 11) is -2.80. The van der Waals surface area contributed by atoms with Crippen molar-refractivity contribution < 1.29 is 8.42 Å². The first-order chi connectivity index (χ1) is 10.5. The minimum atomic E-state index is -2.80. The Balaban J connectivity index is 0.00000264. The summed E-state index contributed by atoms with van der Waals surface area (Å²) in [6.07, 6.45) is 3.01. The Bertz CT molecular complexity index is 485. The fourth-order valence-corrected chi connectivity index (χ4v) is 5.92. The number of aliphatic imine (C=N–C) groups is 1. The van der Waals surface area contributed by atoms with Gasteiger partial charge in [-0.25, -0.2) is 8.42 Å².